The van der Waals surface area contributed by atoms with Gasteiger partial charge < -0.3 is 9.80 Å². The second-order valence-corrected chi connectivity index (χ2v) is 6.43. The number of likely N-dealkylation sites (N-methyl/N-ethyl adjacent to an activating group) is 1. The predicted molar refractivity (Wildman–Crippen MR) is 96.4 cm³/mol. The number of benzene rings is 1. The van der Waals surface area contributed by atoms with E-state index < -0.39 is 11.7 Å². The molecular formula is C19H20F3N5. The maximum Gasteiger partial charge on any atom is 0.417 e. The van der Waals surface area contributed by atoms with Crippen LogP contribution in [0.4, 0.5) is 24.7 Å². The highest BCUT2D eigenvalue weighted by Gasteiger charge is 2.35. The Morgan fingerprint density at radius 3 is 2.78 bits per heavy atom. The number of nitrogens with zero attached hydrogens (tertiary/aromatic N) is 5. The monoisotopic (exact) mass is 375 g/mol. The zero-order valence-electron chi connectivity index (χ0n) is 14.9. The van der Waals surface area contributed by atoms with Crippen molar-refractivity contribution in [2.24, 2.45) is 0 Å². The zero-order chi connectivity index (χ0) is 19.4. The molecule has 5 nitrogen and oxygen atoms in total. The van der Waals surface area contributed by atoms with E-state index in [0.29, 0.717) is 18.8 Å². The summed E-state index contributed by atoms with van der Waals surface area (Å²) in [7, 11) is 0. The first-order valence-corrected chi connectivity index (χ1v) is 8.83. The highest BCUT2D eigenvalue weighted by molar-refractivity contribution is 5.56. The van der Waals surface area contributed by atoms with Gasteiger partial charge in [0.25, 0.3) is 0 Å². The molecule has 0 saturated carbocycles. The van der Waals surface area contributed by atoms with Gasteiger partial charge in [0.2, 0.25) is 0 Å². The van der Waals surface area contributed by atoms with Crippen molar-refractivity contribution in [1.29, 1.82) is 5.26 Å². The van der Waals surface area contributed by atoms with E-state index in [2.05, 4.69) is 14.9 Å². The van der Waals surface area contributed by atoms with Crippen LogP contribution in [0, 0.1) is 11.3 Å². The molecule has 0 amide bonds. The summed E-state index contributed by atoms with van der Waals surface area (Å²) < 4.78 is 39.9. The lowest BCUT2D eigenvalue weighted by Gasteiger charge is -2.40. The maximum absolute atomic E-state index is 13.3. The first-order chi connectivity index (χ1) is 12.9. The van der Waals surface area contributed by atoms with E-state index in [4.69, 9.17) is 5.26 Å². The molecule has 0 spiro atoms. The van der Waals surface area contributed by atoms with Gasteiger partial charge in [-0.3, -0.25) is 4.98 Å². The lowest BCUT2D eigenvalue weighted by molar-refractivity contribution is -0.137. The van der Waals surface area contributed by atoms with Gasteiger partial charge in [-0.05, 0) is 38.0 Å². The second kappa shape index (κ2) is 7.82. The Hall–Kier alpha value is -2.82. The molecule has 27 heavy (non-hydrogen) atoms. The van der Waals surface area contributed by atoms with E-state index in [1.165, 1.54) is 6.07 Å². The van der Waals surface area contributed by atoms with E-state index in [-0.39, 0.29) is 11.6 Å². The summed E-state index contributed by atoms with van der Waals surface area (Å²) in [4.78, 5) is 12.5. The van der Waals surface area contributed by atoms with Crippen LogP contribution in [-0.4, -0.2) is 35.6 Å². The van der Waals surface area contributed by atoms with Gasteiger partial charge in [-0.25, -0.2) is 4.98 Å². The normalized spacial score (nSPS) is 17.4. The van der Waals surface area contributed by atoms with Gasteiger partial charge in [0.15, 0.2) is 0 Å². The fraction of sp³-hybridized carbons (Fsp3) is 0.421. The Balaban J connectivity index is 1.87. The minimum atomic E-state index is -4.56. The van der Waals surface area contributed by atoms with Gasteiger partial charge in [0.05, 0.1) is 23.4 Å². The maximum atomic E-state index is 13.3. The third-order valence-corrected chi connectivity index (χ3v) is 4.81. The van der Waals surface area contributed by atoms with Crippen LogP contribution >= 0.6 is 0 Å². The van der Waals surface area contributed by atoms with Crippen LogP contribution in [0.2, 0.25) is 0 Å². The smallest absolute Gasteiger partial charge is 0.367 e. The van der Waals surface area contributed by atoms with Crippen LogP contribution < -0.4 is 9.80 Å². The number of hydrogen-bond acceptors (Lipinski definition) is 5. The number of halogens is 3. The quantitative estimate of drug-likeness (QED) is 0.812. The van der Waals surface area contributed by atoms with E-state index in [0.717, 1.165) is 31.3 Å². The average molecular weight is 375 g/mol. The van der Waals surface area contributed by atoms with Gasteiger partial charge in [-0.2, -0.15) is 18.4 Å². The molecule has 0 radical (unpaired) electrons. The topological polar surface area (TPSA) is 56.1 Å². The van der Waals surface area contributed by atoms with Crippen LogP contribution in [0.3, 0.4) is 0 Å². The third-order valence-electron chi connectivity index (χ3n) is 4.81. The Kier molecular flexibility index (Phi) is 5.49. The minimum absolute atomic E-state index is 0.0553. The summed E-state index contributed by atoms with van der Waals surface area (Å²) in [6.45, 7) is 4.00. The lowest BCUT2D eigenvalue weighted by Crippen LogP contribution is -2.48. The SMILES string of the molecule is CCN(c1ccc(C#N)c(C(F)(F)F)c1)C1CCCN(c2cnccn2)C1. The van der Waals surface area contributed by atoms with Crippen LogP contribution in [0.5, 0.6) is 0 Å². The molecule has 1 aromatic heterocycles. The molecule has 1 aromatic carbocycles. The Morgan fingerprint density at radius 2 is 2.15 bits per heavy atom. The Morgan fingerprint density at radius 1 is 1.33 bits per heavy atom. The number of rotatable bonds is 4. The Bertz CT molecular complexity index is 816. The van der Waals surface area contributed by atoms with Crippen LogP contribution in [0.25, 0.3) is 0 Å². The zero-order valence-corrected chi connectivity index (χ0v) is 14.9. The van der Waals surface area contributed by atoms with Crippen LogP contribution in [0.15, 0.2) is 36.8 Å². The fourth-order valence-electron chi connectivity index (χ4n) is 3.57. The van der Waals surface area contributed by atoms with Gasteiger partial charge in [-0.1, -0.05) is 0 Å². The largest absolute Gasteiger partial charge is 0.417 e. The molecule has 1 unspecified atom stereocenters. The first kappa shape index (κ1) is 19.0. The van der Waals surface area contributed by atoms with Crippen molar-refractivity contribution in [3.63, 3.8) is 0 Å². The van der Waals surface area contributed by atoms with Gasteiger partial charge in [-0.15, -0.1) is 0 Å². The molecule has 142 valence electrons. The average Bonchev–Trinajstić information content (AvgIpc) is 2.69. The number of alkyl halides is 3. The summed E-state index contributed by atoms with van der Waals surface area (Å²) in [6.07, 6.45) is 2.18. The number of anilines is 2. The molecule has 0 aliphatic carbocycles. The van der Waals surface area contributed by atoms with Crippen molar-refractivity contribution in [3.8, 4) is 6.07 Å². The van der Waals surface area contributed by atoms with E-state index in [1.807, 2.05) is 11.8 Å². The van der Waals surface area contributed by atoms with Crippen molar-refractivity contribution < 1.29 is 13.2 Å². The molecular weight excluding hydrogens is 355 g/mol. The van der Waals surface area contributed by atoms with E-state index >= 15 is 0 Å². The van der Waals surface area contributed by atoms with Crippen molar-refractivity contribution in [3.05, 3.63) is 47.9 Å². The molecule has 8 heteroatoms. The highest BCUT2D eigenvalue weighted by Crippen LogP contribution is 2.35. The second-order valence-electron chi connectivity index (χ2n) is 6.43. The molecule has 1 atom stereocenters. The van der Waals surface area contributed by atoms with Crippen molar-refractivity contribution in [2.75, 3.05) is 29.4 Å². The first-order valence-electron chi connectivity index (χ1n) is 8.83. The summed E-state index contributed by atoms with van der Waals surface area (Å²) in [5.41, 5.74) is -0.760. The molecule has 1 aliphatic heterocycles. The molecule has 1 aliphatic rings. The van der Waals surface area contributed by atoms with E-state index in [9.17, 15) is 13.2 Å². The van der Waals surface area contributed by atoms with Gasteiger partial charge in [0, 0.05) is 43.8 Å². The fourth-order valence-corrected chi connectivity index (χ4v) is 3.57. The third kappa shape index (κ3) is 4.13. The molecule has 3 rings (SSSR count). The summed E-state index contributed by atoms with van der Waals surface area (Å²) in [5, 5.41) is 8.99. The van der Waals surface area contributed by atoms with Crippen LogP contribution in [-0.2, 0) is 6.18 Å². The number of aromatic nitrogens is 2. The number of nitriles is 1. The lowest BCUT2D eigenvalue weighted by atomic mass is 10.0. The summed E-state index contributed by atoms with van der Waals surface area (Å²) in [6, 6.07) is 5.62. The number of hydrogen-bond donors (Lipinski definition) is 0. The summed E-state index contributed by atoms with van der Waals surface area (Å²) >= 11 is 0. The van der Waals surface area contributed by atoms with Gasteiger partial charge >= 0.3 is 6.18 Å². The standard InChI is InChI=1S/C19H20F3N5/c1-2-27(15-6-5-14(11-23)17(10-15)19(20,21)22)16-4-3-9-26(13-16)18-12-24-7-8-25-18/h5-8,10,12,16H,2-4,9,13H2,1H3. The molecule has 0 bridgehead atoms. The van der Waals surface area contributed by atoms with Crippen LogP contribution in [0.1, 0.15) is 30.9 Å². The molecule has 2 aromatic rings. The number of piperidine rings is 1. The van der Waals surface area contributed by atoms with Crippen molar-refractivity contribution in [1.82, 2.24) is 9.97 Å². The van der Waals surface area contributed by atoms with Gasteiger partial charge in [0.1, 0.15) is 5.82 Å². The molecule has 0 N–H and O–H groups in total. The molecule has 1 fully saturated rings. The van der Waals surface area contributed by atoms with Crippen molar-refractivity contribution >= 4 is 11.5 Å². The van der Waals surface area contributed by atoms with Crippen molar-refractivity contribution in [2.45, 2.75) is 32.0 Å². The van der Waals surface area contributed by atoms with E-state index in [1.54, 1.807) is 30.7 Å². The summed E-state index contributed by atoms with van der Waals surface area (Å²) in [5.74, 6) is 0.772. The molecule has 2 heterocycles. The molecule has 1 saturated heterocycles. The minimum Gasteiger partial charge on any atom is -0.367 e. The highest BCUT2D eigenvalue weighted by atomic mass is 19.4. The predicted octanol–water partition coefficient (Wildman–Crippen LogP) is 3.86. The Labute approximate surface area is 156 Å².